The van der Waals surface area contributed by atoms with Crippen LogP contribution in [0, 0.1) is 5.92 Å². The van der Waals surface area contributed by atoms with Gasteiger partial charge in [0.2, 0.25) is 0 Å². The Balaban J connectivity index is 3.64. The summed E-state index contributed by atoms with van der Waals surface area (Å²) in [7, 11) is 0. The quantitative estimate of drug-likeness (QED) is 0.600. The van der Waals surface area contributed by atoms with E-state index in [0.717, 1.165) is 12.5 Å². The number of hydrogen-bond donors (Lipinski definition) is 2. The van der Waals surface area contributed by atoms with Gasteiger partial charge >= 0.3 is 0 Å². The summed E-state index contributed by atoms with van der Waals surface area (Å²) >= 11 is 0. The van der Waals surface area contributed by atoms with Gasteiger partial charge in [-0.1, -0.05) is 40.5 Å². The van der Waals surface area contributed by atoms with E-state index >= 15 is 0 Å². The second kappa shape index (κ2) is 10.1. The summed E-state index contributed by atoms with van der Waals surface area (Å²) in [5, 5.41) is 7.12. The fraction of sp³-hybridized carbons (Fsp3) is 1.00. The van der Waals surface area contributed by atoms with E-state index in [0.29, 0.717) is 12.1 Å². The van der Waals surface area contributed by atoms with E-state index in [9.17, 15) is 0 Å². The predicted molar refractivity (Wildman–Crippen MR) is 73.9 cm³/mol. The van der Waals surface area contributed by atoms with E-state index in [1.807, 2.05) is 0 Å². The van der Waals surface area contributed by atoms with Crippen molar-refractivity contribution >= 4 is 0 Å². The average molecular weight is 228 g/mol. The molecule has 98 valence electrons. The van der Waals surface area contributed by atoms with Gasteiger partial charge in [-0.25, -0.2) is 0 Å². The van der Waals surface area contributed by atoms with E-state index in [2.05, 4.69) is 45.3 Å². The number of hydrogen-bond acceptors (Lipinski definition) is 2. The molecule has 0 saturated carbocycles. The summed E-state index contributed by atoms with van der Waals surface area (Å²) in [4.78, 5) is 0. The van der Waals surface area contributed by atoms with Gasteiger partial charge in [-0.05, 0) is 32.2 Å². The molecule has 0 saturated heterocycles. The van der Waals surface area contributed by atoms with Crippen LogP contribution in [0.25, 0.3) is 0 Å². The van der Waals surface area contributed by atoms with E-state index in [-0.39, 0.29) is 0 Å². The minimum atomic E-state index is 0.582. The minimum Gasteiger partial charge on any atom is -0.313 e. The van der Waals surface area contributed by atoms with Gasteiger partial charge in [0, 0.05) is 18.6 Å². The topological polar surface area (TPSA) is 24.1 Å². The van der Waals surface area contributed by atoms with Crippen LogP contribution in [-0.4, -0.2) is 25.2 Å². The predicted octanol–water partition coefficient (Wildman–Crippen LogP) is 3.18. The molecule has 0 aromatic carbocycles. The van der Waals surface area contributed by atoms with Crippen LogP contribution in [0.2, 0.25) is 0 Å². The van der Waals surface area contributed by atoms with Crippen molar-refractivity contribution in [1.29, 1.82) is 0 Å². The molecule has 2 N–H and O–H groups in total. The Bertz CT molecular complexity index is 140. The highest BCUT2D eigenvalue weighted by molar-refractivity contribution is 4.69. The normalized spacial score (nSPS) is 13.7. The Kier molecular flexibility index (Phi) is 10.0. The molecular weight excluding hydrogens is 196 g/mol. The van der Waals surface area contributed by atoms with Gasteiger partial charge in [-0.2, -0.15) is 0 Å². The number of rotatable bonds is 10. The highest BCUT2D eigenvalue weighted by Gasteiger charge is 2.08. The third-order valence-electron chi connectivity index (χ3n) is 2.98. The zero-order valence-electron chi connectivity index (χ0n) is 12.0. The average Bonchev–Trinajstić information content (AvgIpc) is 2.23. The van der Waals surface area contributed by atoms with Crippen LogP contribution < -0.4 is 10.6 Å². The summed E-state index contributed by atoms with van der Waals surface area (Å²) < 4.78 is 0. The first-order valence-electron chi connectivity index (χ1n) is 7.06. The molecule has 0 amide bonds. The van der Waals surface area contributed by atoms with Gasteiger partial charge in [0.15, 0.2) is 0 Å². The van der Waals surface area contributed by atoms with Crippen LogP contribution in [0.15, 0.2) is 0 Å². The van der Waals surface area contributed by atoms with Gasteiger partial charge in [0.1, 0.15) is 0 Å². The van der Waals surface area contributed by atoms with E-state index in [1.165, 1.54) is 32.2 Å². The van der Waals surface area contributed by atoms with E-state index in [1.54, 1.807) is 0 Å². The summed E-state index contributed by atoms with van der Waals surface area (Å²) in [5.74, 6) is 0.872. The SMILES string of the molecule is CCCC(CCC)CNC(C)CNC(C)C. The number of nitrogens with one attached hydrogen (secondary N) is 2. The van der Waals surface area contributed by atoms with Crippen LogP contribution in [-0.2, 0) is 0 Å². The lowest BCUT2D eigenvalue weighted by atomic mass is 9.98. The third kappa shape index (κ3) is 9.17. The van der Waals surface area contributed by atoms with Gasteiger partial charge < -0.3 is 10.6 Å². The first-order chi connectivity index (χ1) is 7.60. The van der Waals surface area contributed by atoms with Gasteiger partial charge in [0.05, 0.1) is 0 Å². The zero-order valence-corrected chi connectivity index (χ0v) is 12.0. The van der Waals surface area contributed by atoms with Gasteiger partial charge in [-0.3, -0.25) is 0 Å². The first-order valence-corrected chi connectivity index (χ1v) is 7.06. The van der Waals surface area contributed by atoms with Crippen molar-refractivity contribution in [2.45, 2.75) is 72.4 Å². The van der Waals surface area contributed by atoms with Crippen molar-refractivity contribution in [1.82, 2.24) is 10.6 Å². The highest BCUT2D eigenvalue weighted by Crippen LogP contribution is 2.12. The van der Waals surface area contributed by atoms with Crippen LogP contribution >= 0.6 is 0 Å². The highest BCUT2D eigenvalue weighted by atomic mass is 15.0. The van der Waals surface area contributed by atoms with Crippen molar-refractivity contribution in [3.8, 4) is 0 Å². The molecule has 0 spiro atoms. The summed E-state index contributed by atoms with van der Waals surface area (Å²) in [6.07, 6.45) is 5.35. The molecule has 0 aliphatic heterocycles. The lowest BCUT2D eigenvalue weighted by molar-refractivity contribution is 0.377. The summed E-state index contributed by atoms with van der Waals surface area (Å²) in [6, 6.07) is 1.17. The maximum atomic E-state index is 3.65. The fourth-order valence-corrected chi connectivity index (χ4v) is 2.02. The maximum Gasteiger partial charge on any atom is 0.0164 e. The van der Waals surface area contributed by atoms with Crippen LogP contribution in [0.4, 0.5) is 0 Å². The molecule has 16 heavy (non-hydrogen) atoms. The Morgan fingerprint density at radius 3 is 1.81 bits per heavy atom. The molecule has 0 aliphatic carbocycles. The minimum absolute atomic E-state index is 0.582. The Hall–Kier alpha value is -0.0800. The van der Waals surface area contributed by atoms with E-state index < -0.39 is 0 Å². The molecule has 0 rings (SSSR count). The molecule has 0 aromatic rings. The standard InChI is InChI=1S/C14H32N2/c1-6-8-14(9-7-2)11-16-13(5)10-15-12(3)4/h12-16H,6-11H2,1-5H3. The molecule has 0 aromatic heterocycles. The van der Waals surface area contributed by atoms with Crippen molar-refractivity contribution < 1.29 is 0 Å². The summed E-state index contributed by atoms with van der Waals surface area (Å²) in [5.41, 5.74) is 0. The Morgan fingerprint density at radius 1 is 0.812 bits per heavy atom. The largest absolute Gasteiger partial charge is 0.313 e. The lowest BCUT2D eigenvalue weighted by Crippen LogP contribution is -2.40. The maximum absolute atomic E-state index is 3.65. The van der Waals surface area contributed by atoms with Crippen LogP contribution in [0.5, 0.6) is 0 Å². The molecule has 2 nitrogen and oxygen atoms in total. The molecule has 0 fully saturated rings. The second-order valence-electron chi connectivity index (χ2n) is 5.32. The van der Waals surface area contributed by atoms with Crippen LogP contribution in [0.3, 0.4) is 0 Å². The molecule has 2 heteroatoms. The van der Waals surface area contributed by atoms with E-state index in [4.69, 9.17) is 0 Å². The van der Waals surface area contributed by atoms with Crippen LogP contribution in [0.1, 0.15) is 60.3 Å². The third-order valence-corrected chi connectivity index (χ3v) is 2.98. The summed E-state index contributed by atoms with van der Waals surface area (Å²) in [6.45, 7) is 13.5. The zero-order chi connectivity index (χ0) is 12.4. The second-order valence-corrected chi connectivity index (χ2v) is 5.32. The monoisotopic (exact) mass is 228 g/mol. The molecule has 0 heterocycles. The Labute approximate surface area is 103 Å². The molecular formula is C14H32N2. The van der Waals surface area contributed by atoms with Crippen molar-refractivity contribution in [3.63, 3.8) is 0 Å². The Morgan fingerprint density at radius 2 is 1.38 bits per heavy atom. The smallest absolute Gasteiger partial charge is 0.0164 e. The lowest BCUT2D eigenvalue weighted by Gasteiger charge is -2.21. The van der Waals surface area contributed by atoms with Crippen molar-refractivity contribution in [2.75, 3.05) is 13.1 Å². The molecule has 1 atom stereocenters. The molecule has 0 radical (unpaired) electrons. The van der Waals surface area contributed by atoms with Crippen molar-refractivity contribution in [3.05, 3.63) is 0 Å². The first kappa shape index (κ1) is 15.9. The van der Waals surface area contributed by atoms with Gasteiger partial charge in [0.25, 0.3) is 0 Å². The molecule has 0 bridgehead atoms. The fourth-order valence-electron chi connectivity index (χ4n) is 2.02. The molecule has 1 unspecified atom stereocenters. The molecule has 0 aliphatic rings. The van der Waals surface area contributed by atoms with Gasteiger partial charge in [-0.15, -0.1) is 0 Å². The van der Waals surface area contributed by atoms with Crippen molar-refractivity contribution in [2.24, 2.45) is 5.92 Å².